The van der Waals surface area contributed by atoms with Crippen LogP contribution in [0.5, 0.6) is 11.5 Å². The smallest absolute Gasteiger partial charge is 0.405 e. The molecule has 4 aromatic rings. The molecule has 0 spiro atoms. The topological polar surface area (TPSA) is 103 Å². The quantitative estimate of drug-likeness (QED) is 0.327. The second-order valence-electron chi connectivity index (χ2n) is 7.49. The summed E-state index contributed by atoms with van der Waals surface area (Å²) in [6.45, 7) is 0.207. The highest BCUT2D eigenvalue weighted by molar-refractivity contribution is 5.94. The standard InChI is InChI=1S/C24H19F3N6O2/c1-15-20(32-23(34)29-14-24(25,26)27)13-33-22(15)21(16(11-28)12-30-33)31-17-7-9-19(10-8-17)35-18-5-3-2-4-6-18/h2-10,12-13,31H,14H2,1H3,(H2,29,32,34). The number of alkyl halides is 3. The fourth-order valence-electron chi connectivity index (χ4n) is 3.35. The summed E-state index contributed by atoms with van der Waals surface area (Å²) < 4.78 is 44.4. The highest BCUT2D eigenvalue weighted by atomic mass is 19.4. The summed E-state index contributed by atoms with van der Waals surface area (Å²) >= 11 is 0. The van der Waals surface area contributed by atoms with E-state index in [0.29, 0.717) is 34.0 Å². The monoisotopic (exact) mass is 480 g/mol. The Kier molecular flexibility index (Phi) is 6.46. The van der Waals surface area contributed by atoms with E-state index in [-0.39, 0.29) is 11.3 Å². The van der Waals surface area contributed by atoms with E-state index < -0.39 is 18.8 Å². The number of aryl methyl sites for hydroxylation is 1. The van der Waals surface area contributed by atoms with Crippen LogP contribution in [0.1, 0.15) is 11.1 Å². The molecule has 0 fully saturated rings. The number of para-hydroxylation sites is 1. The molecule has 178 valence electrons. The molecule has 2 amide bonds. The van der Waals surface area contributed by atoms with Crippen molar-refractivity contribution in [3.63, 3.8) is 0 Å². The Balaban J connectivity index is 1.58. The lowest BCUT2D eigenvalue weighted by molar-refractivity contribution is -0.122. The number of amides is 2. The lowest BCUT2D eigenvalue weighted by Gasteiger charge is -2.12. The van der Waals surface area contributed by atoms with Crippen LogP contribution < -0.4 is 20.7 Å². The zero-order chi connectivity index (χ0) is 25.0. The number of ether oxygens (including phenoxy) is 1. The number of hydrogen-bond acceptors (Lipinski definition) is 5. The summed E-state index contributed by atoms with van der Waals surface area (Å²) in [5, 5.41) is 21.1. The minimum atomic E-state index is -4.53. The number of fused-ring (bicyclic) bond motifs is 1. The van der Waals surface area contributed by atoms with E-state index in [1.165, 1.54) is 16.9 Å². The number of nitrogens with zero attached hydrogens (tertiary/aromatic N) is 3. The van der Waals surface area contributed by atoms with E-state index >= 15 is 0 Å². The number of aromatic nitrogens is 2. The fraction of sp³-hybridized carbons (Fsp3) is 0.125. The Bertz CT molecular complexity index is 1390. The first kappa shape index (κ1) is 23.4. The largest absolute Gasteiger partial charge is 0.457 e. The van der Waals surface area contributed by atoms with E-state index in [9.17, 15) is 23.2 Å². The molecule has 2 aromatic carbocycles. The minimum absolute atomic E-state index is 0.247. The average Bonchev–Trinajstić information content (AvgIpc) is 3.15. The molecule has 0 unspecified atom stereocenters. The molecular formula is C24H19F3N6O2. The first-order chi connectivity index (χ1) is 16.7. The molecule has 35 heavy (non-hydrogen) atoms. The molecule has 2 heterocycles. The third-order valence-corrected chi connectivity index (χ3v) is 4.98. The van der Waals surface area contributed by atoms with Crippen LogP contribution >= 0.6 is 0 Å². The van der Waals surface area contributed by atoms with Crippen LogP contribution in [0, 0.1) is 18.3 Å². The summed E-state index contributed by atoms with van der Waals surface area (Å²) in [4.78, 5) is 11.9. The predicted octanol–water partition coefficient (Wildman–Crippen LogP) is 5.73. The predicted molar refractivity (Wildman–Crippen MR) is 124 cm³/mol. The highest BCUT2D eigenvalue weighted by Crippen LogP contribution is 2.33. The summed E-state index contributed by atoms with van der Waals surface area (Å²) in [5.41, 5.74) is 2.59. The van der Waals surface area contributed by atoms with Gasteiger partial charge >= 0.3 is 12.2 Å². The van der Waals surface area contributed by atoms with Crippen molar-refractivity contribution in [1.29, 1.82) is 5.26 Å². The number of hydrogen-bond donors (Lipinski definition) is 3. The minimum Gasteiger partial charge on any atom is -0.457 e. The summed E-state index contributed by atoms with van der Waals surface area (Å²) in [6, 6.07) is 17.5. The molecule has 2 aromatic heterocycles. The maximum atomic E-state index is 12.4. The van der Waals surface area contributed by atoms with Gasteiger partial charge in [0, 0.05) is 11.3 Å². The lowest BCUT2D eigenvalue weighted by atomic mass is 10.1. The molecule has 0 aliphatic rings. The zero-order valence-corrected chi connectivity index (χ0v) is 18.3. The second-order valence-corrected chi connectivity index (χ2v) is 7.49. The van der Waals surface area contributed by atoms with Crippen LogP contribution in [0.3, 0.4) is 0 Å². The number of benzene rings is 2. The van der Waals surface area contributed by atoms with Crippen molar-refractivity contribution in [3.8, 4) is 17.6 Å². The zero-order valence-electron chi connectivity index (χ0n) is 18.3. The van der Waals surface area contributed by atoms with Gasteiger partial charge < -0.3 is 20.7 Å². The molecule has 0 radical (unpaired) electrons. The maximum Gasteiger partial charge on any atom is 0.405 e. The lowest BCUT2D eigenvalue weighted by Crippen LogP contribution is -2.36. The first-order valence-corrected chi connectivity index (χ1v) is 10.4. The molecular weight excluding hydrogens is 461 g/mol. The van der Waals surface area contributed by atoms with Crippen molar-refractivity contribution < 1.29 is 22.7 Å². The Labute approximate surface area is 197 Å². The molecule has 8 nitrogen and oxygen atoms in total. The van der Waals surface area contributed by atoms with Crippen molar-refractivity contribution >= 4 is 28.6 Å². The van der Waals surface area contributed by atoms with Gasteiger partial charge in [0.05, 0.1) is 34.8 Å². The second kappa shape index (κ2) is 9.64. The molecule has 0 aliphatic carbocycles. The number of nitriles is 1. The number of carbonyl (C=O) groups excluding carboxylic acids is 1. The number of carbonyl (C=O) groups is 1. The number of rotatable bonds is 6. The summed E-state index contributed by atoms with van der Waals surface area (Å²) in [7, 11) is 0. The molecule has 0 saturated heterocycles. The Morgan fingerprint density at radius 2 is 1.80 bits per heavy atom. The van der Waals surface area contributed by atoms with Crippen LogP contribution in [-0.2, 0) is 0 Å². The van der Waals surface area contributed by atoms with Gasteiger partial charge in [0.25, 0.3) is 0 Å². The van der Waals surface area contributed by atoms with Crippen LogP contribution in [0.25, 0.3) is 5.52 Å². The van der Waals surface area contributed by atoms with Gasteiger partial charge in [0.2, 0.25) is 0 Å². The van der Waals surface area contributed by atoms with E-state index in [0.717, 1.165) is 0 Å². The summed E-state index contributed by atoms with van der Waals surface area (Å²) in [5.74, 6) is 1.32. The maximum absolute atomic E-state index is 12.4. The van der Waals surface area contributed by atoms with Gasteiger partial charge in [-0.2, -0.15) is 23.5 Å². The average molecular weight is 480 g/mol. The van der Waals surface area contributed by atoms with Crippen LogP contribution in [-0.4, -0.2) is 28.4 Å². The van der Waals surface area contributed by atoms with E-state index in [1.807, 2.05) is 30.3 Å². The first-order valence-electron chi connectivity index (χ1n) is 10.4. The van der Waals surface area contributed by atoms with Crippen molar-refractivity contribution in [2.24, 2.45) is 0 Å². The summed E-state index contributed by atoms with van der Waals surface area (Å²) in [6.07, 6.45) is -1.71. The van der Waals surface area contributed by atoms with Gasteiger partial charge in [-0.3, -0.25) is 0 Å². The van der Waals surface area contributed by atoms with Crippen molar-refractivity contribution in [3.05, 3.63) is 78.1 Å². The van der Waals surface area contributed by atoms with Crippen LogP contribution in [0.4, 0.5) is 35.0 Å². The molecule has 0 aliphatic heterocycles. The normalized spacial score (nSPS) is 11.1. The molecule has 0 atom stereocenters. The van der Waals surface area contributed by atoms with Crippen LogP contribution in [0.2, 0.25) is 0 Å². The van der Waals surface area contributed by atoms with Crippen molar-refractivity contribution in [2.75, 3.05) is 17.2 Å². The number of nitrogens with one attached hydrogen (secondary N) is 3. The Morgan fingerprint density at radius 3 is 2.46 bits per heavy atom. The van der Waals surface area contributed by atoms with E-state index in [2.05, 4.69) is 21.8 Å². The van der Waals surface area contributed by atoms with Crippen molar-refractivity contribution in [2.45, 2.75) is 13.1 Å². The molecule has 0 bridgehead atoms. The third-order valence-electron chi connectivity index (χ3n) is 4.98. The Morgan fingerprint density at radius 1 is 1.11 bits per heavy atom. The highest BCUT2D eigenvalue weighted by Gasteiger charge is 2.28. The molecule has 4 rings (SSSR count). The molecule has 11 heteroatoms. The fourth-order valence-corrected chi connectivity index (χ4v) is 3.35. The van der Waals surface area contributed by atoms with E-state index in [4.69, 9.17) is 4.74 Å². The number of anilines is 3. The Hall–Kier alpha value is -4.72. The van der Waals surface area contributed by atoms with E-state index in [1.54, 1.807) is 36.5 Å². The van der Waals surface area contributed by atoms with Gasteiger partial charge in [-0.25, -0.2) is 9.31 Å². The third kappa shape index (κ3) is 5.62. The van der Waals surface area contributed by atoms with Gasteiger partial charge in [-0.1, -0.05) is 18.2 Å². The SMILES string of the molecule is Cc1c(NC(=O)NCC(F)(F)F)cn2ncc(C#N)c(Nc3ccc(Oc4ccccc4)cc3)c12. The number of urea groups is 1. The molecule has 3 N–H and O–H groups in total. The molecule has 0 saturated carbocycles. The van der Waals surface area contributed by atoms with Crippen molar-refractivity contribution in [1.82, 2.24) is 14.9 Å². The number of halogens is 3. The van der Waals surface area contributed by atoms with Gasteiger partial charge in [0.1, 0.15) is 24.1 Å². The van der Waals surface area contributed by atoms with Gasteiger partial charge in [-0.15, -0.1) is 0 Å². The van der Waals surface area contributed by atoms with Gasteiger partial charge in [-0.05, 0) is 43.3 Å². The van der Waals surface area contributed by atoms with Gasteiger partial charge in [0.15, 0.2) is 0 Å². The van der Waals surface area contributed by atoms with Crippen LogP contribution in [0.15, 0.2) is 67.0 Å².